The molecule has 124 valence electrons. The van der Waals surface area contributed by atoms with Crippen LogP contribution in [0.15, 0.2) is 41.3 Å². The molecule has 2 amide bonds. The highest BCUT2D eigenvalue weighted by Crippen LogP contribution is 2.36. The Bertz CT molecular complexity index is 822. The van der Waals surface area contributed by atoms with Crippen molar-refractivity contribution in [3.63, 3.8) is 0 Å². The molecule has 1 unspecified atom stereocenters. The molecular weight excluding hydrogens is 328 g/mol. The van der Waals surface area contributed by atoms with E-state index in [-0.39, 0.29) is 22.8 Å². The quantitative estimate of drug-likeness (QED) is 0.796. The molecule has 0 bridgehead atoms. The number of phenols is 1. The summed E-state index contributed by atoms with van der Waals surface area (Å²) in [5, 5.41) is 15.1. The van der Waals surface area contributed by atoms with Gasteiger partial charge in [0, 0.05) is 22.2 Å². The zero-order valence-electron chi connectivity index (χ0n) is 13.1. The van der Waals surface area contributed by atoms with Crippen LogP contribution in [-0.2, 0) is 4.79 Å². The Balaban J connectivity index is 1.80. The van der Waals surface area contributed by atoms with Crippen molar-refractivity contribution in [2.75, 3.05) is 17.7 Å². The molecular formula is C17H16N2O4S. The highest BCUT2D eigenvalue weighted by molar-refractivity contribution is 8.00. The molecule has 1 aliphatic rings. The van der Waals surface area contributed by atoms with Crippen molar-refractivity contribution in [2.45, 2.75) is 17.1 Å². The monoisotopic (exact) mass is 344 g/mol. The van der Waals surface area contributed by atoms with Crippen LogP contribution in [0, 0.1) is 0 Å². The second-order valence-corrected chi connectivity index (χ2v) is 6.68. The average Bonchev–Trinajstić information content (AvgIpc) is 2.55. The smallest absolute Gasteiger partial charge is 0.255 e. The van der Waals surface area contributed by atoms with E-state index in [4.69, 9.17) is 4.74 Å². The van der Waals surface area contributed by atoms with Crippen molar-refractivity contribution in [3.05, 3.63) is 42.0 Å². The number of fused-ring (bicyclic) bond motifs is 1. The Morgan fingerprint density at radius 3 is 2.79 bits per heavy atom. The topological polar surface area (TPSA) is 87.7 Å². The van der Waals surface area contributed by atoms with Crippen LogP contribution >= 0.6 is 11.8 Å². The summed E-state index contributed by atoms with van der Waals surface area (Å²) in [5.74, 6) is -0.139. The van der Waals surface area contributed by atoms with Gasteiger partial charge in [-0.3, -0.25) is 9.59 Å². The van der Waals surface area contributed by atoms with E-state index in [2.05, 4.69) is 10.6 Å². The van der Waals surface area contributed by atoms with Gasteiger partial charge >= 0.3 is 0 Å². The predicted molar refractivity (Wildman–Crippen MR) is 93.0 cm³/mol. The average molecular weight is 344 g/mol. The van der Waals surface area contributed by atoms with Crippen LogP contribution in [0.2, 0.25) is 0 Å². The minimum absolute atomic E-state index is 0.0570. The van der Waals surface area contributed by atoms with Crippen LogP contribution in [0.1, 0.15) is 17.3 Å². The van der Waals surface area contributed by atoms with Gasteiger partial charge in [-0.05, 0) is 37.3 Å². The zero-order chi connectivity index (χ0) is 17.3. The van der Waals surface area contributed by atoms with E-state index in [1.165, 1.54) is 24.9 Å². The summed E-state index contributed by atoms with van der Waals surface area (Å²) in [7, 11) is 1.45. The third-order valence-corrected chi connectivity index (χ3v) is 4.79. The normalized spacial score (nSPS) is 16.1. The fourth-order valence-corrected chi connectivity index (χ4v) is 3.25. The first-order valence-electron chi connectivity index (χ1n) is 7.28. The molecule has 2 aromatic rings. The Labute approximate surface area is 143 Å². The van der Waals surface area contributed by atoms with Gasteiger partial charge < -0.3 is 20.5 Å². The van der Waals surface area contributed by atoms with Gasteiger partial charge in [0.05, 0.1) is 18.0 Å². The van der Waals surface area contributed by atoms with Crippen LogP contribution < -0.4 is 15.4 Å². The molecule has 1 heterocycles. The van der Waals surface area contributed by atoms with Crippen LogP contribution in [0.4, 0.5) is 11.4 Å². The number of phenolic OH excluding ortho intramolecular Hbond substituents is 1. The summed E-state index contributed by atoms with van der Waals surface area (Å²) in [5.41, 5.74) is 1.50. The van der Waals surface area contributed by atoms with Crippen molar-refractivity contribution in [1.29, 1.82) is 0 Å². The van der Waals surface area contributed by atoms with Crippen molar-refractivity contribution in [2.24, 2.45) is 0 Å². The van der Waals surface area contributed by atoms with E-state index >= 15 is 0 Å². The van der Waals surface area contributed by atoms with E-state index in [1.807, 2.05) is 13.0 Å². The first-order chi connectivity index (χ1) is 11.5. The third kappa shape index (κ3) is 3.16. The highest BCUT2D eigenvalue weighted by atomic mass is 32.2. The second kappa shape index (κ2) is 6.45. The first kappa shape index (κ1) is 16.2. The van der Waals surface area contributed by atoms with Crippen LogP contribution in [0.25, 0.3) is 0 Å². The number of anilines is 2. The van der Waals surface area contributed by atoms with E-state index in [1.54, 1.807) is 24.3 Å². The number of aromatic hydroxyl groups is 1. The third-order valence-electron chi connectivity index (χ3n) is 3.61. The molecule has 3 N–H and O–H groups in total. The van der Waals surface area contributed by atoms with Gasteiger partial charge in [0.2, 0.25) is 5.91 Å². The Morgan fingerprint density at radius 2 is 2.08 bits per heavy atom. The summed E-state index contributed by atoms with van der Waals surface area (Å²) < 4.78 is 4.97. The lowest BCUT2D eigenvalue weighted by Crippen LogP contribution is -2.26. The molecule has 6 nitrogen and oxygen atoms in total. The van der Waals surface area contributed by atoms with Gasteiger partial charge in [0.1, 0.15) is 0 Å². The molecule has 2 aromatic carbocycles. The van der Waals surface area contributed by atoms with Gasteiger partial charge in [-0.25, -0.2) is 0 Å². The number of hydrogen-bond acceptors (Lipinski definition) is 5. The van der Waals surface area contributed by atoms with Crippen LogP contribution in [0.3, 0.4) is 0 Å². The van der Waals surface area contributed by atoms with Gasteiger partial charge in [-0.15, -0.1) is 11.8 Å². The molecule has 24 heavy (non-hydrogen) atoms. The molecule has 0 saturated carbocycles. The van der Waals surface area contributed by atoms with Crippen molar-refractivity contribution >= 4 is 35.0 Å². The number of amides is 2. The van der Waals surface area contributed by atoms with Crippen molar-refractivity contribution in [1.82, 2.24) is 0 Å². The Kier molecular flexibility index (Phi) is 4.35. The standard InChI is InChI=1S/C17H16N2O4S/c1-9-16(21)19-12-7-10(3-6-15(12)24-9)17(22)18-11-4-5-14(23-2)13(20)8-11/h3-9,20H,1-2H3,(H,18,22)(H,19,21). The van der Waals surface area contributed by atoms with Gasteiger partial charge in [-0.2, -0.15) is 0 Å². The Hall–Kier alpha value is -2.67. The predicted octanol–water partition coefficient (Wildman–Crippen LogP) is 3.09. The molecule has 0 fully saturated rings. The fourth-order valence-electron chi connectivity index (χ4n) is 2.32. The molecule has 0 radical (unpaired) electrons. The maximum atomic E-state index is 12.4. The lowest BCUT2D eigenvalue weighted by atomic mass is 10.1. The summed E-state index contributed by atoms with van der Waals surface area (Å²) in [6, 6.07) is 9.77. The minimum atomic E-state index is -0.333. The lowest BCUT2D eigenvalue weighted by molar-refractivity contribution is -0.115. The highest BCUT2D eigenvalue weighted by Gasteiger charge is 2.23. The van der Waals surface area contributed by atoms with Gasteiger partial charge in [-0.1, -0.05) is 0 Å². The van der Waals surface area contributed by atoms with E-state index in [9.17, 15) is 14.7 Å². The van der Waals surface area contributed by atoms with Crippen molar-refractivity contribution in [3.8, 4) is 11.5 Å². The molecule has 1 atom stereocenters. The molecule has 0 aromatic heterocycles. The van der Waals surface area contributed by atoms with E-state index in [0.29, 0.717) is 22.7 Å². The maximum absolute atomic E-state index is 12.4. The molecule has 7 heteroatoms. The van der Waals surface area contributed by atoms with Crippen LogP contribution in [0.5, 0.6) is 11.5 Å². The van der Waals surface area contributed by atoms with Crippen LogP contribution in [-0.4, -0.2) is 29.3 Å². The number of rotatable bonds is 3. The summed E-state index contributed by atoms with van der Waals surface area (Å²) in [4.78, 5) is 25.1. The van der Waals surface area contributed by atoms with Gasteiger partial charge in [0.25, 0.3) is 5.91 Å². The van der Waals surface area contributed by atoms with Gasteiger partial charge in [0.15, 0.2) is 11.5 Å². The second-order valence-electron chi connectivity index (χ2n) is 5.30. The number of hydrogen-bond donors (Lipinski definition) is 3. The molecule has 0 spiro atoms. The largest absolute Gasteiger partial charge is 0.504 e. The van der Waals surface area contributed by atoms with E-state index < -0.39 is 0 Å². The molecule has 3 rings (SSSR count). The lowest BCUT2D eigenvalue weighted by Gasteiger charge is -2.21. The first-order valence-corrected chi connectivity index (χ1v) is 8.16. The maximum Gasteiger partial charge on any atom is 0.255 e. The number of methoxy groups -OCH3 is 1. The number of carbonyl (C=O) groups is 2. The number of nitrogens with one attached hydrogen (secondary N) is 2. The summed E-state index contributed by atoms with van der Waals surface area (Å²) in [6.07, 6.45) is 0. The zero-order valence-corrected chi connectivity index (χ0v) is 13.9. The molecule has 0 aliphatic carbocycles. The SMILES string of the molecule is COc1ccc(NC(=O)c2ccc3c(c2)NC(=O)C(C)S3)cc1O. The van der Waals surface area contributed by atoms with Crippen molar-refractivity contribution < 1.29 is 19.4 Å². The number of benzene rings is 2. The summed E-state index contributed by atoms with van der Waals surface area (Å²) in [6.45, 7) is 1.83. The number of thioether (sulfide) groups is 1. The Morgan fingerprint density at radius 1 is 1.29 bits per heavy atom. The number of carbonyl (C=O) groups excluding carboxylic acids is 2. The molecule has 0 saturated heterocycles. The number of ether oxygens (including phenoxy) is 1. The fraction of sp³-hybridized carbons (Fsp3) is 0.176. The summed E-state index contributed by atoms with van der Waals surface area (Å²) >= 11 is 1.46. The minimum Gasteiger partial charge on any atom is -0.504 e. The van der Waals surface area contributed by atoms with E-state index in [0.717, 1.165) is 4.90 Å². The molecule has 1 aliphatic heterocycles.